The van der Waals surface area contributed by atoms with E-state index in [4.69, 9.17) is 20.3 Å². The van der Waals surface area contributed by atoms with Crippen molar-refractivity contribution in [2.45, 2.75) is 20.3 Å². The Bertz CT molecular complexity index is 871. The van der Waals surface area contributed by atoms with Crippen LogP contribution in [0.5, 0.6) is 11.5 Å². The van der Waals surface area contributed by atoms with Crippen LogP contribution in [0.1, 0.15) is 27.9 Å². The molecule has 2 amide bonds. The Hall–Kier alpha value is -3.55. The number of ether oxygens (including phenoxy) is 2. The number of hydrogen-bond acceptors (Lipinski definition) is 5. The third-order valence-corrected chi connectivity index (χ3v) is 3.80. The molecule has 0 saturated carbocycles. The van der Waals surface area contributed by atoms with Crippen LogP contribution in [-0.2, 0) is 9.59 Å². The lowest BCUT2D eigenvalue weighted by atomic mass is 10.0. The molecule has 0 aliphatic heterocycles. The van der Waals surface area contributed by atoms with Crippen LogP contribution in [-0.4, -0.2) is 36.1 Å². The SMILES string of the molecule is Cc1cc(C(=O)Nc2ccccc2OCCC(N)=O)cc(C)c1OCC(=O)O. The maximum Gasteiger partial charge on any atom is 0.341 e. The van der Waals surface area contributed by atoms with Crippen molar-refractivity contribution in [2.75, 3.05) is 18.5 Å². The molecule has 8 nitrogen and oxygen atoms in total. The molecule has 0 aliphatic rings. The number of aryl methyl sites for hydroxylation is 2. The van der Waals surface area contributed by atoms with Crippen LogP contribution in [0.4, 0.5) is 5.69 Å². The standard InChI is InChI=1S/C20H22N2O6/c1-12-9-14(10-13(2)19(12)28-11-18(24)25)20(26)22-15-5-3-4-6-16(15)27-8-7-17(21)23/h3-6,9-10H,7-8,11H2,1-2H3,(H2,21,23)(H,22,26)(H,24,25). The summed E-state index contributed by atoms with van der Waals surface area (Å²) in [6, 6.07) is 10.1. The van der Waals surface area contributed by atoms with Gasteiger partial charge in [-0.2, -0.15) is 0 Å². The number of para-hydroxylation sites is 2. The van der Waals surface area contributed by atoms with Gasteiger partial charge in [-0.25, -0.2) is 4.79 Å². The van der Waals surface area contributed by atoms with Crippen molar-refractivity contribution < 1.29 is 29.0 Å². The number of nitrogens with two attached hydrogens (primary N) is 1. The molecule has 2 aromatic rings. The predicted molar refractivity (Wildman–Crippen MR) is 103 cm³/mol. The first-order chi connectivity index (χ1) is 13.3. The van der Waals surface area contributed by atoms with Gasteiger partial charge in [0, 0.05) is 5.56 Å². The molecule has 8 heteroatoms. The molecule has 148 valence electrons. The lowest BCUT2D eigenvalue weighted by Gasteiger charge is -2.14. The highest BCUT2D eigenvalue weighted by Crippen LogP contribution is 2.27. The molecule has 0 fully saturated rings. The summed E-state index contributed by atoms with van der Waals surface area (Å²) in [7, 11) is 0. The number of aliphatic carboxylic acids is 1. The monoisotopic (exact) mass is 386 g/mol. The van der Waals surface area contributed by atoms with E-state index >= 15 is 0 Å². The fourth-order valence-electron chi connectivity index (χ4n) is 2.59. The van der Waals surface area contributed by atoms with Crippen LogP contribution in [0.2, 0.25) is 0 Å². The number of amides is 2. The van der Waals surface area contributed by atoms with Gasteiger partial charge in [0.2, 0.25) is 5.91 Å². The fraction of sp³-hybridized carbons (Fsp3) is 0.250. The molecule has 2 aromatic carbocycles. The highest BCUT2D eigenvalue weighted by atomic mass is 16.5. The molecule has 0 radical (unpaired) electrons. The van der Waals surface area contributed by atoms with Crippen molar-refractivity contribution in [1.29, 1.82) is 0 Å². The van der Waals surface area contributed by atoms with Gasteiger partial charge in [-0.15, -0.1) is 0 Å². The maximum absolute atomic E-state index is 12.7. The molecule has 0 saturated heterocycles. The van der Waals surface area contributed by atoms with Crippen LogP contribution in [0.3, 0.4) is 0 Å². The number of carbonyl (C=O) groups excluding carboxylic acids is 2. The van der Waals surface area contributed by atoms with Gasteiger partial charge in [0.05, 0.1) is 18.7 Å². The zero-order valence-electron chi connectivity index (χ0n) is 15.7. The van der Waals surface area contributed by atoms with Crippen LogP contribution in [0.25, 0.3) is 0 Å². The van der Waals surface area contributed by atoms with E-state index in [1.807, 2.05) is 0 Å². The van der Waals surface area contributed by atoms with Crippen molar-refractivity contribution in [3.63, 3.8) is 0 Å². The summed E-state index contributed by atoms with van der Waals surface area (Å²) in [5.41, 5.74) is 7.25. The molecule has 4 N–H and O–H groups in total. The zero-order valence-corrected chi connectivity index (χ0v) is 15.7. The normalized spacial score (nSPS) is 10.2. The first-order valence-electron chi connectivity index (χ1n) is 8.55. The van der Waals surface area contributed by atoms with E-state index in [-0.39, 0.29) is 18.9 Å². The van der Waals surface area contributed by atoms with E-state index in [0.717, 1.165) is 0 Å². The summed E-state index contributed by atoms with van der Waals surface area (Å²) in [6.45, 7) is 3.13. The minimum Gasteiger partial charge on any atom is -0.491 e. The summed E-state index contributed by atoms with van der Waals surface area (Å²) in [4.78, 5) is 34.2. The molecule has 0 spiro atoms. The van der Waals surface area contributed by atoms with Gasteiger partial charge < -0.3 is 25.6 Å². The van der Waals surface area contributed by atoms with E-state index in [0.29, 0.717) is 33.9 Å². The second-order valence-electron chi connectivity index (χ2n) is 6.14. The Morgan fingerprint density at radius 1 is 1.07 bits per heavy atom. The van der Waals surface area contributed by atoms with Crippen molar-refractivity contribution in [2.24, 2.45) is 5.73 Å². The molecular formula is C20H22N2O6. The molecule has 0 unspecified atom stereocenters. The van der Waals surface area contributed by atoms with Gasteiger partial charge in [0.25, 0.3) is 5.91 Å². The quantitative estimate of drug-likeness (QED) is 0.606. The largest absolute Gasteiger partial charge is 0.491 e. The molecule has 0 heterocycles. The lowest BCUT2D eigenvalue weighted by Crippen LogP contribution is -2.16. The number of carboxylic acid groups (broad SMARTS) is 1. The van der Waals surface area contributed by atoms with Crippen LogP contribution in [0, 0.1) is 13.8 Å². The zero-order chi connectivity index (χ0) is 20.7. The van der Waals surface area contributed by atoms with E-state index in [1.54, 1.807) is 50.2 Å². The first-order valence-corrected chi connectivity index (χ1v) is 8.55. The van der Waals surface area contributed by atoms with Gasteiger partial charge in [-0.3, -0.25) is 9.59 Å². The van der Waals surface area contributed by atoms with Gasteiger partial charge in [-0.1, -0.05) is 12.1 Å². The molecule has 0 bridgehead atoms. The maximum atomic E-state index is 12.7. The van der Waals surface area contributed by atoms with Crippen LogP contribution < -0.4 is 20.5 Å². The Balaban J connectivity index is 2.15. The summed E-state index contributed by atoms with van der Waals surface area (Å²) in [5.74, 6) is -1.05. The highest BCUT2D eigenvalue weighted by Gasteiger charge is 2.14. The molecule has 0 aromatic heterocycles. The lowest BCUT2D eigenvalue weighted by molar-refractivity contribution is -0.139. The van der Waals surface area contributed by atoms with Gasteiger partial charge >= 0.3 is 5.97 Å². The van der Waals surface area contributed by atoms with Gasteiger partial charge in [0.15, 0.2) is 6.61 Å². The average molecular weight is 386 g/mol. The summed E-state index contributed by atoms with van der Waals surface area (Å²) in [6.07, 6.45) is 0.0679. The van der Waals surface area contributed by atoms with Gasteiger partial charge in [-0.05, 0) is 49.2 Å². The second-order valence-corrected chi connectivity index (χ2v) is 6.14. The van der Waals surface area contributed by atoms with Crippen molar-refractivity contribution >= 4 is 23.5 Å². The summed E-state index contributed by atoms with van der Waals surface area (Å²) in [5, 5.41) is 11.5. The van der Waals surface area contributed by atoms with Crippen molar-refractivity contribution in [3.05, 3.63) is 53.1 Å². The topological polar surface area (TPSA) is 128 Å². The van der Waals surface area contributed by atoms with E-state index in [2.05, 4.69) is 5.32 Å². The number of benzene rings is 2. The number of hydrogen-bond donors (Lipinski definition) is 3. The van der Waals surface area contributed by atoms with Crippen molar-refractivity contribution in [1.82, 2.24) is 0 Å². The summed E-state index contributed by atoms with van der Waals surface area (Å²) >= 11 is 0. The summed E-state index contributed by atoms with van der Waals surface area (Å²) < 4.78 is 10.8. The van der Waals surface area contributed by atoms with Crippen LogP contribution >= 0.6 is 0 Å². The fourth-order valence-corrected chi connectivity index (χ4v) is 2.59. The smallest absolute Gasteiger partial charge is 0.341 e. The second kappa shape index (κ2) is 9.40. The predicted octanol–water partition coefficient (Wildman–Crippen LogP) is 2.27. The average Bonchev–Trinajstić information content (AvgIpc) is 2.61. The Morgan fingerprint density at radius 2 is 1.71 bits per heavy atom. The molecule has 28 heavy (non-hydrogen) atoms. The minimum absolute atomic E-state index is 0.0679. The number of carbonyl (C=O) groups is 3. The number of rotatable bonds is 9. The minimum atomic E-state index is -1.08. The number of nitrogens with one attached hydrogen (secondary N) is 1. The number of anilines is 1. The molecule has 0 aliphatic carbocycles. The van der Waals surface area contributed by atoms with Crippen LogP contribution in [0.15, 0.2) is 36.4 Å². The molecule has 0 atom stereocenters. The number of carboxylic acids is 1. The Kier molecular flexibility index (Phi) is 6.97. The molecular weight excluding hydrogens is 364 g/mol. The Labute approximate surface area is 162 Å². The third-order valence-electron chi connectivity index (χ3n) is 3.80. The van der Waals surface area contributed by atoms with Gasteiger partial charge in [0.1, 0.15) is 11.5 Å². The van der Waals surface area contributed by atoms with Crippen molar-refractivity contribution in [3.8, 4) is 11.5 Å². The van der Waals surface area contributed by atoms with E-state index in [1.165, 1.54) is 0 Å². The van der Waals surface area contributed by atoms with E-state index < -0.39 is 18.5 Å². The molecule has 2 rings (SSSR count). The highest BCUT2D eigenvalue weighted by molar-refractivity contribution is 6.05. The van der Waals surface area contributed by atoms with E-state index in [9.17, 15) is 14.4 Å². The first kappa shape index (κ1) is 20.8. The third kappa shape index (κ3) is 5.73. The number of primary amides is 1. The Morgan fingerprint density at radius 3 is 2.32 bits per heavy atom.